The highest BCUT2D eigenvalue weighted by molar-refractivity contribution is 6.23. The molecule has 3 aromatic carbocycles. The lowest BCUT2D eigenvalue weighted by molar-refractivity contribution is -0.115. The maximum absolute atomic E-state index is 14.3. The molecule has 0 saturated heterocycles. The Labute approximate surface area is 180 Å². The number of benzene rings is 3. The van der Waals surface area contributed by atoms with Crippen molar-refractivity contribution in [1.82, 2.24) is 5.32 Å². The molecule has 31 heavy (non-hydrogen) atoms. The Morgan fingerprint density at radius 2 is 1.77 bits per heavy atom. The van der Waals surface area contributed by atoms with Crippen LogP contribution in [0.25, 0.3) is 0 Å². The molecule has 5 rings (SSSR count). The van der Waals surface area contributed by atoms with Crippen molar-refractivity contribution >= 4 is 17.3 Å². The predicted octanol–water partition coefficient (Wildman–Crippen LogP) is 4.57. The van der Waals surface area contributed by atoms with Crippen molar-refractivity contribution in [3.05, 3.63) is 113 Å². The van der Waals surface area contributed by atoms with Gasteiger partial charge in [0.25, 0.3) is 5.91 Å². The standard InChI is InChI=1S/C26H22FN3O/c1-17-10-12-18(13-11-17)23-22-24(29-15-14-28-23)26(31)30(21-8-3-2-4-9-21)25(22)19-6-5-7-20(27)16-19/h2-13,16,25,29H,14-15H2,1H3/t25-/m1/s1. The van der Waals surface area contributed by atoms with Crippen molar-refractivity contribution < 1.29 is 9.18 Å². The van der Waals surface area contributed by atoms with E-state index in [0.717, 1.165) is 28.1 Å². The molecule has 0 radical (unpaired) electrons. The Balaban J connectivity index is 1.73. The third-order valence-corrected chi connectivity index (χ3v) is 5.70. The summed E-state index contributed by atoms with van der Waals surface area (Å²) in [5, 5.41) is 3.30. The van der Waals surface area contributed by atoms with Crippen LogP contribution in [0, 0.1) is 12.7 Å². The first kappa shape index (κ1) is 19.2. The van der Waals surface area contributed by atoms with Gasteiger partial charge in [-0.15, -0.1) is 0 Å². The van der Waals surface area contributed by atoms with Crippen LogP contribution in [0.5, 0.6) is 0 Å². The van der Waals surface area contributed by atoms with Crippen LogP contribution in [0.4, 0.5) is 10.1 Å². The van der Waals surface area contributed by atoms with E-state index in [9.17, 15) is 9.18 Å². The molecule has 0 aromatic heterocycles. The van der Waals surface area contributed by atoms with Crippen LogP contribution in [-0.4, -0.2) is 24.7 Å². The zero-order valence-electron chi connectivity index (χ0n) is 17.2. The van der Waals surface area contributed by atoms with Gasteiger partial charge >= 0.3 is 0 Å². The van der Waals surface area contributed by atoms with Crippen LogP contribution in [0.1, 0.15) is 22.7 Å². The van der Waals surface area contributed by atoms with Gasteiger partial charge in [-0.25, -0.2) is 4.39 Å². The SMILES string of the molecule is Cc1ccc(C2=NCCNC3=C2[C@@H](c2cccc(F)c2)N(c2ccccc2)C3=O)cc1. The van der Waals surface area contributed by atoms with Gasteiger partial charge in [-0.3, -0.25) is 14.7 Å². The lowest BCUT2D eigenvalue weighted by Crippen LogP contribution is -2.33. The molecule has 0 aliphatic carbocycles. The second-order valence-corrected chi connectivity index (χ2v) is 7.78. The van der Waals surface area contributed by atoms with E-state index in [-0.39, 0.29) is 11.7 Å². The summed E-state index contributed by atoms with van der Waals surface area (Å²) in [4.78, 5) is 20.2. The summed E-state index contributed by atoms with van der Waals surface area (Å²) in [6.07, 6.45) is 0. The predicted molar refractivity (Wildman–Crippen MR) is 121 cm³/mol. The second kappa shape index (κ2) is 7.84. The Morgan fingerprint density at radius 1 is 1.00 bits per heavy atom. The Kier molecular flexibility index (Phi) is 4.86. The number of halogens is 1. The van der Waals surface area contributed by atoms with Gasteiger partial charge in [-0.05, 0) is 36.8 Å². The summed E-state index contributed by atoms with van der Waals surface area (Å²) in [5.74, 6) is -0.459. The van der Waals surface area contributed by atoms with E-state index in [2.05, 4.69) is 5.32 Å². The largest absolute Gasteiger partial charge is 0.378 e. The normalized spacial score (nSPS) is 18.4. The molecular formula is C26H22FN3O. The number of amides is 1. The third-order valence-electron chi connectivity index (χ3n) is 5.70. The van der Waals surface area contributed by atoms with Gasteiger partial charge in [0.15, 0.2) is 0 Å². The lowest BCUT2D eigenvalue weighted by atomic mass is 9.91. The zero-order chi connectivity index (χ0) is 21.4. The first-order chi connectivity index (χ1) is 15.1. The molecule has 2 aliphatic rings. The fraction of sp³-hybridized carbons (Fsp3) is 0.154. The monoisotopic (exact) mass is 411 g/mol. The quantitative estimate of drug-likeness (QED) is 0.686. The molecule has 5 heteroatoms. The third kappa shape index (κ3) is 3.42. The molecule has 0 unspecified atom stereocenters. The Hall–Kier alpha value is -3.73. The van der Waals surface area contributed by atoms with Gasteiger partial charge < -0.3 is 5.32 Å². The molecule has 1 N–H and O–H groups in total. The van der Waals surface area contributed by atoms with Gasteiger partial charge in [0, 0.05) is 23.4 Å². The molecule has 1 amide bonds. The number of aryl methyl sites for hydroxylation is 1. The zero-order valence-corrected chi connectivity index (χ0v) is 17.2. The smallest absolute Gasteiger partial charge is 0.275 e. The van der Waals surface area contributed by atoms with Crippen molar-refractivity contribution in [2.24, 2.45) is 4.99 Å². The van der Waals surface area contributed by atoms with Crippen LogP contribution >= 0.6 is 0 Å². The molecular weight excluding hydrogens is 389 g/mol. The Morgan fingerprint density at radius 3 is 2.52 bits per heavy atom. The van der Waals surface area contributed by atoms with Crippen molar-refractivity contribution in [2.75, 3.05) is 18.0 Å². The van der Waals surface area contributed by atoms with Gasteiger partial charge in [-0.2, -0.15) is 0 Å². The second-order valence-electron chi connectivity index (χ2n) is 7.78. The van der Waals surface area contributed by atoms with Crippen molar-refractivity contribution in [3.8, 4) is 0 Å². The van der Waals surface area contributed by atoms with E-state index < -0.39 is 6.04 Å². The summed E-state index contributed by atoms with van der Waals surface area (Å²) < 4.78 is 14.3. The number of hydrogen-bond donors (Lipinski definition) is 1. The minimum atomic E-state index is -0.480. The van der Waals surface area contributed by atoms with Crippen molar-refractivity contribution in [1.29, 1.82) is 0 Å². The van der Waals surface area contributed by atoms with E-state index in [0.29, 0.717) is 24.4 Å². The molecule has 2 aliphatic heterocycles. The van der Waals surface area contributed by atoms with Gasteiger partial charge in [0.1, 0.15) is 11.5 Å². The Bertz CT molecular complexity index is 1200. The highest BCUT2D eigenvalue weighted by atomic mass is 19.1. The maximum Gasteiger partial charge on any atom is 0.275 e. The summed E-state index contributed by atoms with van der Waals surface area (Å²) >= 11 is 0. The van der Waals surface area contributed by atoms with E-state index in [1.807, 2.05) is 67.6 Å². The molecule has 0 fully saturated rings. The van der Waals surface area contributed by atoms with Crippen LogP contribution in [0.3, 0.4) is 0 Å². The van der Waals surface area contributed by atoms with Gasteiger partial charge in [0.2, 0.25) is 0 Å². The highest BCUT2D eigenvalue weighted by Gasteiger charge is 2.44. The van der Waals surface area contributed by atoms with E-state index >= 15 is 0 Å². The number of rotatable bonds is 3. The average molecular weight is 411 g/mol. The first-order valence-corrected chi connectivity index (χ1v) is 10.4. The van der Waals surface area contributed by atoms with Crippen LogP contribution in [-0.2, 0) is 4.79 Å². The van der Waals surface area contributed by atoms with Crippen molar-refractivity contribution in [3.63, 3.8) is 0 Å². The summed E-state index contributed by atoms with van der Waals surface area (Å²) in [5.41, 5.74) is 5.69. The molecule has 0 spiro atoms. The van der Waals surface area contributed by atoms with E-state index in [1.54, 1.807) is 11.0 Å². The number of carbonyl (C=O) groups excluding carboxylic acids is 1. The number of para-hydroxylation sites is 1. The molecule has 0 saturated carbocycles. The molecule has 2 heterocycles. The van der Waals surface area contributed by atoms with Crippen molar-refractivity contribution in [2.45, 2.75) is 13.0 Å². The first-order valence-electron chi connectivity index (χ1n) is 10.4. The topological polar surface area (TPSA) is 44.7 Å². The molecule has 1 atom stereocenters. The summed E-state index contributed by atoms with van der Waals surface area (Å²) in [6.45, 7) is 3.17. The molecule has 3 aromatic rings. The summed E-state index contributed by atoms with van der Waals surface area (Å²) in [7, 11) is 0. The number of carbonyl (C=O) groups is 1. The maximum atomic E-state index is 14.3. The van der Waals surface area contributed by atoms with E-state index in [4.69, 9.17) is 4.99 Å². The fourth-order valence-corrected chi connectivity index (χ4v) is 4.28. The number of hydrogen-bond acceptors (Lipinski definition) is 3. The number of aliphatic imine (C=N–C) groups is 1. The number of anilines is 1. The minimum absolute atomic E-state index is 0.128. The molecule has 0 bridgehead atoms. The highest BCUT2D eigenvalue weighted by Crippen LogP contribution is 2.42. The van der Waals surface area contributed by atoms with Crippen LogP contribution < -0.4 is 10.2 Å². The van der Waals surface area contributed by atoms with Crippen LogP contribution in [0.15, 0.2) is 95.1 Å². The minimum Gasteiger partial charge on any atom is -0.378 e. The lowest BCUT2D eigenvalue weighted by Gasteiger charge is -2.28. The average Bonchev–Trinajstić information content (AvgIpc) is 2.93. The number of nitrogens with zero attached hydrogens (tertiary/aromatic N) is 2. The summed E-state index contributed by atoms with van der Waals surface area (Å²) in [6, 6.07) is 23.7. The molecule has 154 valence electrons. The van der Waals surface area contributed by atoms with E-state index in [1.165, 1.54) is 12.1 Å². The van der Waals surface area contributed by atoms with Crippen LogP contribution in [0.2, 0.25) is 0 Å². The molecule has 4 nitrogen and oxygen atoms in total. The van der Waals surface area contributed by atoms with Gasteiger partial charge in [-0.1, -0.05) is 60.2 Å². The van der Waals surface area contributed by atoms with Gasteiger partial charge in [0.05, 0.1) is 18.3 Å². The fourth-order valence-electron chi connectivity index (χ4n) is 4.28. The number of nitrogens with one attached hydrogen (secondary N) is 1.